The first-order valence-electron chi connectivity index (χ1n) is 9.09. The SMILES string of the molecule is CCOC(=O)C(NC(=O)c1nnn(C2CCNCC2)c1C)C(C)CC.Cl. The summed E-state index contributed by atoms with van der Waals surface area (Å²) < 4.78 is 6.92. The third-order valence-corrected chi connectivity index (χ3v) is 4.84. The molecule has 9 heteroatoms. The van der Waals surface area contributed by atoms with Crippen molar-refractivity contribution in [3.63, 3.8) is 0 Å². The summed E-state index contributed by atoms with van der Waals surface area (Å²) in [4.78, 5) is 24.8. The zero-order chi connectivity index (χ0) is 18.4. The molecule has 1 saturated heterocycles. The van der Waals surface area contributed by atoms with E-state index < -0.39 is 12.0 Å². The number of halogens is 1. The maximum absolute atomic E-state index is 12.7. The predicted molar refractivity (Wildman–Crippen MR) is 100 cm³/mol. The summed E-state index contributed by atoms with van der Waals surface area (Å²) in [6, 6.07) is -0.424. The summed E-state index contributed by atoms with van der Waals surface area (Å²) in [7, 11) is 0. The van der Waals surface area contributed by atoms with Crippen LogP contribution in [0.25, 0.3) is 0 Å². The van der Waals surface area contributed by atoms with Crippen LogP contribution in [0.2, 0.25) is 0 Å². The molecule has 26 heavy (non-hydrogen) atoms. The number of aromatic nitrogens is 3. The van der Waals surface area contributed by atoms with E-state index in [0.29, 0.717) is 0 Å². The summed E-state index contributed by atoms with van der Waals surface area (Å²) in [6.45, 7) is 9.64. The zero-order valence-electron chi connectivity index (χ0n) is 15.9. The van der Waals surface area contributed by atoms with Gasteiger partial charge in [-0.05, 0) is 45.7 Å². The minimum Gasteiger partial charge on any atom is -0.464 e. The first kappa shape index (κ1) is 22.4. The topological polar surface area (TPSA) is 98.1 Å². The Morgan fingerprint density at radius 2 is 2.00 bits per heavy atom. The molecule has 0 radical (unpaired) electrons. The molecular weight excluding hydrogens is 358 g/mol. The fraction of sp³-hybridized carbons (Fsp3) is 0.765. The number of nitrogens with one attached hydrogen (secondary N) is 2. The van der Waals surface area contributed by atoms with E-state index in [-0.39, 0.29) is 42.6 Å². The number of nitrogens with zero attached hydrogens (tertiary/aromatic N) is 3. The largest absolute Gasteiger partial charge is 0.464 e. The number of carbonyl (C=O) groups excluding carboxylic acids is 2. The van der Waals surface area contributed by atoms with Crippen molar-refractivity contribution in [2.75, 3.05) is 19.7 Å². The van der Waals surface area contributed by atoms with Gasteiger partial charge in [-0.3, -0.25) is 4.79 Å². The Morgan fingerprint density at radius 3 is 2.58 bits per heavy atom. The second-order valence-corrected chi connectivity index (χ2v) is 6.54. The summed E-state index contributed by atoms with van der Waals surface area (Å²) in [5, 5.41) is 14.3. The summed E-state index contributed by atoms with van der Waals surface area (Å²) >= 11 is 0. The highest BCUT2D eigenvalue weighted by molar-refractivity contribution is 5.96. The second kappa shape index (κ2) is 10.5. The van der Waals surface area contributed by atoms with Gasteiger partial charge in [0, 0.05) is 0 Å². The molecule has 1 aromatic rings. The number of amides is 1. The van der Waals surface area contributed by atoms with Gasteiger partial charge in [0.15, 0.2) is 5.69 Å². The molecule has 0 spiro atoms. The van der Waals surface area contributed by atoms with Gasteiger partial charge in [0.2, 0.25) is 0 Å². The van der Waals surface area contributed by atoms with E-state index in [1.165, 1.54) is 0 Å². The Labute approximate surface area is 160 Å². The molecule has 0 aromatic carbocycles. The highest BCUT2D eigenvalue weighted by Crippen LogP contribution is 2.20. The predicted octanol–water partition coefficient (Wildman–Crippen LogP) is 1.64. The Balaban J connectivity index is 0.00000338. The molecule has 1 aliphatic rings. The van der Waals surface area contributed by atoms with Gasteiger partial charge < -0.3 is 15.4 Å². The molecule has 2 rings (SSSR count). The van der Waals surface area contributed by atoms with Gasteiger partial charge in [0.05, 0.1) is 18.3 Å². The van der Waals surface area contributed by atoms with Crippen LogP contribution in [0.3, 0.4) is 0 Å². The summed E-state index contributed by atoms with van der Waals surface area (Å²) in [5.74, 6) is -0.813. The lowest BCUT2D eigenvalue weighted by Crippen LogP contribution is -2.46. The Morgan fingerprint density at radius 1 is 1.35 bits per heavy atom. The van der Waals surface area contributed by atoms with Crippen LogP contribution in [-0.2, 0) is 9.53 Å². The van der Waals surface area contributed by atoms with E-state index in [2.05, 4.69) is 20.9 Å². The first-order chi connectivity index (χ1) is 12.0. The molecule has 2 unspecified atom stereocenters. The highest BCUT2D eigenvalue weighted by atomic mass is 35.5. The number of carbonyl (C=O) groups is 2. The van der Waals surface area contributed by atoms with Crippen LogP contribution in [0.15, 0.2) is 0 Å². The average molecular weight is 388 g/mol. The lowest BCUT2D eigenvalue weighted by molar-refractivity contribution is -0.146. The Bertz CT molecular complexity index is 601. The van der Waals surface area contributed by atoms with Gasteiger partial charge in [-0.15, -0.1) is 17.5 Å². The summed E-state index contributed by atoms with van der Waals surface area (Å²) in [6.07, 6.45) is 2.68. The van der Waals surface area contributed by atoms with E-state index in [0.717, 1.165) is 38.0 Å². The van der Waals surface area contributed by atoms with E-state index in [1.807, 2.05) is 25.5 Å². The molecule has 0 saturated carbocycles. The standard InChI is InChI=1S/C17H29N5O3.ClH/c1-5-11(3)14(17(24)25-6-2)19-16(23)15-12(4)22(21-20-15)13-7-9-18-10-8-13;/h11,13-14,18H,5-10H2,1-4H3,(H,19,23);1H. The number of piperidine rings is 1. The molecule has 8 nitrogen and oxygen atoms in total. The molecule has 1 amide bonds. The number of hydrogen-bond acceptors (Lipinski definition) is 6. The van der Waals surface area contributed by atoms with Crippen molar-refractivity contribution in [2.45, 2.75) is 59.0 Å². The normalized spacial score (nSPS) is 17.1. The van der Waals surface area contributed by atoms with Crippen LogP contribution >= 0.6 is 12.4 Å². The minimum atomic E-state index is -0.680. The van der Waals surface area contributed by atoms with Gasteiger partial charge in [-0.1, -0.05) is 25.5 Å². The molecule has 2 atom stereocenters. The average Bonchev–Trinajstić information content (AvgIpc) is 3.01. The fourth-order valence-electron chi connectivity index (χ4n) is 3.06. The summed E-state index contributed by atoms with van der Waals surface area (Å²) in [5.41, 5.74) is 1.01. The van der Waals surface area contributed by atoms with E-state index in [1.54, 1.807) is 6.92 Å². The van der Waals surface area contributed by atoms with Crippen molar-refractivity contribution >= 4 is 24.3 Å². The number of rotatable bonds is 7. The molecule has 1 fully saturated rings. The quantitative estimate of drug-likeness (QED) is 0.690. The number of esters is 1. The van der Waals surface area contributed by atoms with Crippen molar-refractivity contribution in [1.82, 2.24) is 25.6 Å². The lowest BCUT2D eigenvalue weighted by atomic mass is 9.99. The van der Waals surface area contributed by atoms with E-state index >= 15 is 0 Å². The molecule has 2 N–H and O–H groups in total. The Kier molecular flexibility index (Phi) is 9.01. The van der Waals surface area contributed by atoms with Crippen molar-refractivity contribution in [2.24, 2.45) is 5.92 Å². The van der Waals surface area contributed by atoms with Gasteiger partial charge in [-0.25, -0.2) is 9.48 Å². The van der Waals surface area contributed by atoms with Gasteiger partial charge in [-0.2, -0.15) is 0 Å². The molecular formula is C17H30ClN5O3. The smallest absolute Gasteiger partial charge is 0.328 e. The monoisotopic (exact) mass is 387 g/mol. The van der Waals surface area contributed by atoms with Crippen LogP contribution in [0, 0.1) is 12.8 Å². The number of ether oxygens (including phenoxy) is 1. The maximum atomic E-state index is 12.7. The van der Waals surface area contributed by atoms with Crippen molar-refractivity contribution in [3.05, 3.63) is 11.4 Å². The lowest BCUT2D eigenvalue weighted by Gasteiger charge is -2.24. The van der Waals surface area contributed by atoms with Crippen LogP contribution in [0.1, 0.15) is 62.3 Å². The van der Waals surface area contributed by atoms with Crippen molar-refractivity contribution < 1.29 is 14.3 Å². The molecule has 0 aliphatic carbocycles. The van der Waals surface area contributed by atoms with Crippen LogP contribution < -0.4 is 10.6 Å². The molecule has 0 bridgehead atoms. The zero-order valence-corrected chi connectivity index (χ0v) is 16.8. The van der Waals surface area contributed by atoms with Crippen LogP contribution in [0.4, 0.5) is 0 Å². The maximum Gasteiger partial charge on any atom is 0.328 e. The second-order valence-electron chi connectivity index (χ2n) is 6.54. The third kappa shape index (κ3) is 5.17. The molecule has 1 aromatic heterocycles. The van der Waals surface area contributed by atoms with Gasteiger partial charge in [0.1, 0.15) is 6.04 Å². The van der Waals surface area contributed by atoms with Crippen molar-refractivity contribution in [1.29, 1.82) is 0 Å². The molecule has 1 aliphatic heterocycles. The molecule has 148 valence electrons. The van der Waals surface area contributed by atoms with Crippen LogP contribution in [0.5, 0.6) is 0 Å². The Hall–Kier alpha value is -1.67. The highest BCUT2D eigenvalue weighted by Gasteiger charge is 2.30. The third-order valence-electron chi connectivity index (χ3n) is 4.84. The first-order valence-corrected chi connectivity index (χ1v) is 9.09. The van der Waals surface area contributed by atoms with Crippen LogP contribution in [-0.4, -0.2) is 52.6 Å². The molecule has 2 heterocycles. The van der Waals surface area contributed by atoms with Crippen molar-refractivity contribution in [3.8, 4) is 0 Å². The van der Waals surface area contributed by atoms with Gasteiger partial charge >= 0.3 is 5.97 Å². The van der Waals surface area contributed by atoms with E-state index in [9.17, 15) is 9.59 Å². The number of hydrogen-bond donors (Lipinski definition) is 2. The fourth-order valence-corrected chi connectivity index (χ4v) is 3.06. The van der Waals surface area contributed by atoms with Gasteiger partial charge in [0.25, 0.3) is 5.91 Å². The minimum absolute atomic E-state index is 0. The van der Waals surface area contributed by atoms with E-state index in [4.69, 9.17) is 4.74 Å².